The van der Waals surface area contributed by atoms with E-state index in [1.807, 2.05) is 31.2 Å². The summed E-state index contributed by atoms with van der Waals surface area (Å²) in [6.45, 7) is 4.53. The van der Waals surface area contributed by atoms with Crippen LogP contribution in [0.4, 0.5) is 5.69 Å². The fraction of sp³-hybridized carbons (Fsp3) is 0.316. The van der Waals surface area contributed by atoms with Gasteiger partial charge in [0.05, 0.1) is 11.1 Å². The van der Waals surface area contributed by atoms with Gasteiger partial charge in [-0.15, -0.1) is 0 Å². The lowest BCUT2D eigenvalue weighted by Crippen LogP contribution is -2.12. The van der Waals surface area contributed by atoms with Crippen molar-refractivity contribution in [1.29, 1.82) is 0 Å². The van der Waals surface area contributed by atoms with Gasteiger partial charge in [-0.25, -0.2) is 0 Å². The van der Waals surface area contributed by atoms with Crippen molar-refractivity contribution < 1.29 is 9.53 Å². The van der Waals surface area contributed by atoms with E-state index in [0.717, 1.165) is 27.9 Å². The minimum Gasteiger partial charge on any atom is -0.492 e. The maximum Gasteiger partial charge on any atom is 0.224 e. The Morgan fingerprint density at radius 3 is 2.71 bits per heavy atom. The number of benzene rings is 2. The van der Waals surface area contributed by atoms with Crippen molar-refractivity contribution in [3.63, 3.8) is 0 Å². The van der Waals surface area contributed by atoms with Crippen LogP contribution in [-0.4, -0.2) is 12.5 Å². The molecule has 0 spiro atoms. The van der Waals surface area contributed by atoms with E-state index in [4.69, 9.17) is 16.3 Å². The summed E-state index contributed by atoms with van der Waals surface area (Å²) in [4.78, 5) is 12.0. The monoisotopic (exact) mass is 409 g/mol. The number of rotatable bonds is 7. The third kappa shape index (κ3) is 5.53. The minimum atomic E-state index is -0.0427. The first-order valence-corrected chi connectivity index (χ1v) is 9.14. The van der Waals surface area contributed by atoms with Gasteiger partial charge in [-0.2, -0.15) is 0 Å². The number of amides is 1. The predicted molar refractivity (Wildman–Crippen MR) is 103 cm³/mol. The Hall–Kier alpha value is -1.52. The molecule has 0 radical (unpaired) electrons. The van der Waals surface area contributed by atoms with Crippen LogP contribution < -0.4 is 10.1 Å². The fourth-order valence-electron chi connectivity index (χ4n) is 2.19. The van der Waals surface area contributed by atoms with Crippen LogP contribution >= 0.6 is 27.5 Å². The zero-order valence-corrected chi connectivity index (χ0v) is 16.2. The van der Waals surface area contributed by atoms with Crippen molar-refractivity contribution in [2.24, 2.45) is 0 Å². The molecule has 0 saturated carbocycles. The Bertz CT molecular complexity index is 719. The molecule has 0 aliphatic carbocycles. The Morgan fingerprint density at radius 1 is 1.25 bits per heavy atom. The first-order chi connectivity index (χ1) is 11.5. The van der Waals surface area contributed by atoms with Crippen LogP contribution in [0.25, 0.3) is 0 Å². The van der Waals surface area contributed by atoms with Gasteiger partial charge in [0.25, 0.3) is 0 Å². The van der Waals surface area contributed by atoms with E-state index in [1.165, 1.54) is 5.56 Å². The summed E-state index contributed by atoms with van der Waals surface area (Å²) in [5, 5.41) is 3.50. The number of carbonyl (C=O) groups excluding carboxylic acids is 1. The summed E-state index contributed by atoms with van der Waals surface area (Å²) in [5.74, 6) is 0.761. The summed E-state index contributed by atoms with van der Waals surface area (Å²) in [6, 6.07) is 11.6. The largest absolute Gasteiger partial charge is 0.492 e. The molecule has 2 rings (SSSR count). The Kier molecular flexibility index (Phi) is 7.13. The maximum absolute atomic E-state index is 12.0. The van der Waals surface area contributed by atoms with E-state index >= 15 is 0 Å². The molecular weight excluding hydrogens is 390 g/mol. The molecule has 0 saturated heterocycles. The average Bonchev–Trinajstić information content (AvgIpc) is 2.56. The number of carbonyl (C=O) groups is 1. The number of aryl methyl sites for hydroxylation is 2. The van der Waals surface area contributed by atoms with E-state index < -0.39 is 0 Å². The molecule has 1 amide bonds. The topological polar surface area (TPSA) is 38.3 Å². The van der Waals surface area contributed by atoms with Crippen LogP contribution in [0.5, 0.6) is 5.75 Å². The highest BCUT2D eigenvalue weighted by atomic mass is 79.9. The standard InChI is InChI=1S/C19H21BrClNO2/c1-3-14-7-9-18(16(20)11-14)24-10-4-5-19(23)22-15-8-6-13(2)17(21)12-15/h6-9,11-12H,3-5,10H2,1-2H3,(H,22,23). The molecule has 2 aromatic rings. The summed E-state index contributed by atoms with van der Waals surface area (Å²) < 4.78 is 6.67. The number of halogens is 2. The average molecular weight is 411 g/mol. The molecule has 0 heterocycles. The third-order valence-electron chi connectivity index (χ3n) is 3.67. The predicted octanol–water partition coefficient (Wildman–Crippen LogP) is 5.77. The van der Waals surface area contributed by atoms with Crippen LogP contribution in [-0.2, 0) is 11.2 Å². The van der Waals surface area contributed by atoms with Crippen molar-refractivity contribution >= 4 is 39.1 Å². The molecule has 24 heavy (non-hydrogen) atoms. The van der Waals surface area contributed by atoms with Gasteiger partial charge in [0, 0.05) is 17.1 Å². The second kappa shape index (κ2) is 9.09. The number of nitrogens with one attached hydrogen (secondary N) is 1. The first kappa shape index (κ1) is 18.8. The van der Waals surface area contributed by atoms with Crippen molar-refractivity contribution in [1.82, 2.24) is 0 Å². The summed E-state index contributed by atoms with van der Waals surface area (Å²) in [7, 11) is 0. The normalized spacial score (nSPS) is 10.5. The second-order valence-electron chi connectivity index (χ2n) is 5.58. The molecule has 0 unspecified atom stereocenters. The van der Waals surface area contributed by atoms with Crippen LogP contribution in [0.15, 0.2) is 40.9 Å². The zero-order chi connectivity index (χ0) is 17.5. The molecule has 0 bridgehead atoms. The Balaban J connectivity index is 1.75. The molecule has 2 aromatic carbocycles. The van der Waals surface area contributed by atoms with Crippen LogP contribution in [0, 0.1) is 6.92 Å². The SMILES string of the molecule is CCc1ccc(OCCCC(=O)Nc2ccc(C)c(Cl)c2)c(Br)c1. The quantitative estimate of drug-likeness (QED) is 0.588. The molecule has 1 N–H and O–H groups in total. The second-order valence-corrected chi connectivity index (χ2v) is 6.84. The fourth-order valence-corrected chi connectivity index (χ4v) is 2.91. The summed E-state index contributed by atoms with van der Waals surface area (Å²) >= 11 is 9.56. The highest BCUT2D eigenvalue weighted by Gasteiger charge is 2.06. The molecule has 3 nitrogen and oxygen atoms in total. The number of hydrogen-bond donors (Lipinski definition) is 1. The number of ether oxygens (including phenoxy) is 1. The van der Waals surface area contributed by atoms with Crippen LogP contribution in [0.2, 0.25) is 5.02 Å². The van der Waals surface area contributed by atoms with Crippen LogP contribution in [0.1, 0.15) is 30.9 Å². The smallest absolute Gasteiger partial charge is 0.224 e. The van der Waals surface area contributed by atoms with E-state index in [0.29, 0.717) is 24.5 Å². The van der Waals surface area contributed by atoms with Crippen molar-refractivity contribution in [3.8, 4) is 5.75 Å². The van der Waals surface area contributed by atoms with Crippen molar-refractivity contribution in [2.45, 2.75) is 33.1 Å². The maximum atomic E-state index is 12.0. The van der Waals surface area contributed by atoms with Gasteiger partial charge >= 0.3 is 0 Å². The van der Waals surface area contributed by atoms with E-state index in [9.17, 15) is 4.79 Å². The van der Waals surface area contributed by atoms with Gasteiger partial charge in [0.15, 0.2) is 0 Å². The van der Waals surface area contributed by atoms with Gasteiger partial charge in [0.1, 0.15) is 5.75 Å². The lowest BCUT2D eigenvalue weighted by atomic mass is 10.2. The minimum absolute atomic E-state index is 0.0427. The Labute approximate surface area is 156 Å². The van der Waals surface area contributed by atoms with E-state index in [1.54, 1.807) is 6.07 Å². The Morgan fingerprint density at radius 2 is 2.04 bits per heavy atom. The number of hydrogen-bond acceptors (Lipinski definition) is 2. The van der Waals surface area contributed by atoms with Gasteiger partial charge in [-0.1, -0.05) is 30.7 Å². The molecule has 0 aliphatic rings. The molecule has 0 aliphatic heterocycles. The molecule has 0 fully saturated rings. The zero-order valence-electron chi connectivity index (χ0n) is 13.9. The highest BCUT2D eigenvalue weighted by molar-refractivity contribution is 9.10. The number of anilines is 1. The van der Waals surface area contributed by atoms with Gasteiger partial charge in [-0.3, -0.25) is 4.79 Å². The third-order valence-corrected chi connectivity index (χ3v) is 4.69. The highest BCUT2D eigenvalue weighted by Crippen LogP contribution is 2.26. The molecule has 0 atom stereocenters. The lowest BCUT2D eigenvalue weighted by Gasteiger charge is -2.10. The van der Waals surface area contributed by atoms with Crippen LogP contribution in [0.3, 0.4) is 0 Å². The molecule has 0 aromatic heterocycles. The molecule has 5 heteroatoms. The van der Waals surface area contributed by atoms with E-state index in [-0.39, 0.29) is 5.91 Å². The van der Waals surface area contributed by atoms with Crippen molar-refractivity contribution in [3.05, 3.63) is 57.0 Å². The van der Waals surface area contributed by atoms with E-state index in [2.05, 4.69) is 34.2 Å². The molecule has 128 valence electrons. The van der Waals surface area contributed by atoms with Gasteiger partial charge in [0.2, 0.25) is 5.91 Å². The lowest BCUT2D eigenvalue weighted by molar-refractivity contribution is -0.116. The van der Waals surface area contributed by atoms with Gasteiger partial charge in [-0.05, 0) is 71.1 Å². The van der Waals surface area contributed by atoms with Crippen molar-refractivity contribution in [2.75, 3.05) is 11.9 Å². The summed E-state index contributed by atoms with van der Waals surface area (Å²) in [6.07, 6.45) is 2.03. The van der Waals surface area contributed by atoms with Gasteiger partial charge < -0.3 is 10.1 Å². The molecular formula is C19H21BrClNO2. The first-order valence-electron chi connectivity index (χ1n) is 7.97. The summed E-state index contributed by atoms with van der Waals surface area (Å²) in [5.41, 5.74) is 2.96.